The summed E-state index contributed by atoms with van der Waals surface area (Å²) in [4.78, 5) is 21.1. The first-order chi connectivity index (χ1) is 15.0. The molecule has 0 aliphatic carbocycles. The number of anilines is 1. The van der Waals surface area contributed by atoms with Crippen LogP contribution in [0.2, 0.25) is 5.02 Å². The highest BCUT2D eigenvalue weighted by atomic mass is 35.5. The van der Waals surface area contributed by atoms with Crippen LogP contribution in [0.25, 0.3) is 16.9 Å². The van der Waals surface area contributed by atoms with Crippen molar-refractivity contribution in [2.45, 2.75) is 6.10 Å². The first kappa shape index (κ1) is 20.7. The van der Waals surface area contributed by atoms with Gasteiger partial charge in [-0.3, -0.25) is 4.79 Å². The molecule has 10 heteroatoms. The van der Waals surface area contributed by atoms with Gasteiger partial charge in [-0.15, -0.1) is 0 Å². The van der Waals surface area contributed by atoms with Crippen LogP contribution in [0.15, 0.2) is 60.8 Å². The third-order valence-corrected chi connectivity index (χ3v) is 4.67. The number of aliphatic hydroxyl groups excluding tert-OH is 2. The largest absolute Gasteiger partial charge is 0.475 e. The Kier molecular flexibility index (Phi) is 6.08. The number of rotatable bonds is 7. The molecule has 0 spiro atoms. The summed E-state index contributed by atoms with van der Waals surface area (Å²) < 4.78 is 6.80. The Balaban J connectivity index is 1.57. The molecule has 158 valence electrons. The van der Waals surface area contributed by atoms with E-state index in [-0.39, 0.29) is 18.2 Å². The number of nitrogens with zero attached hydrogens (tertiary/aromatic N) is 4. The Morgan fingerprint density at radius 3 is 2.81 bits per heavy atom. The van der Waals surface area contributed by atoms with E-state index in [1.807, 2.05) is 18.2 Å². The van der Waals surface area contributed by atoms with E-state index in [4.69, 9.17) is 21.4 Å². The maximum absolute atomic E-state index is 12.7. The van der Waals surface area contributed by atoms with Crippen LogP contribution in [0, 0.1) is 0 Å². The average Bonchev–Trinajstić information content (AvgIpc) is 3.19. The number of carbonyl (C=O) groups is 1. The van der Waals surface area contributed by atoms with Crippen molar-refractivity contribution in [2.24, 2.45) is 0 Å². The minimum Gasteiger partial charge on any atom is -0.475 e. The summed E-state index contributed by atoms with van der Waals surface area (Å²) in [5.74, 6) is 0.0232. The fourth-order valence-electron chi connectivity index (χ4n) is 2.81. The third-order valence-electron chi connectivity index (χ3n) is 4.34. The van der Waals surface area contributed by atoms with Crippen LogP contribution in [0.3, 0.4) is 0 Å². The van der Waals surface area contributed by atoms with Crippen LogP contribution >= 0.6 is 11.6 Å². The number of imidazole rings is 1. The van der Waals surface area contributed by atoms with Gasteiger partial charge in [-0.2, -0.15) is 9.61 Å². The van der Waals surface area contributed by atoms with Crippen molar-refractivity contribution in [1.29, 1.82) is 0 Å². The van der Waals surface area contributed by atoms with Gasteiger partial charge in [-0.05, 0) is 24.3 Å². The van der Waals surface area contributed by atoms with Gasteiger partial charge < -0.3 is 20.3 Å². The van der Waals surface area contributed by atoms with Crippen molar-refractivity contribution in [1.82, 2.24) is 19.6 Å². The number of aliphatic hydroxyl groups is 2. The summed E-state index contributed by atoms with van der Waals surface area (Å²) >= 11 is 6.27. The minimum absolute atomic E-state index is 0.105. The van der Waals surface area contributed by atoms with Crippen LogP contribution in [0.4, 0.5) is 5.82 Å². The van der Waals surface area contributed by atoms with Crippen molar-refractivity contribution < 1.29 is 19.7 Å². The first-order valence-electron chi connectivity index (χ1n) is 9.35. The summed E-state index contributed by atoms with van der Waals surface area (Å²) in [5.41, 5.74) is 2.04. The molecule has 31 heavy (non-hydrogen) atoms. The van der Waals surface area contributed by atoms with Gasteiger partial charge in [-0.1, -0.05) is 35.9 Å². The highest BCUT2D eigenvalue weighted by Crippen LogP contribution is 2.26. The predicted molar refractivity (Wildman–Crippen MR) is 114 cm³/mol. The number of nitrogens with one attached hydrogen (secondary N) is 1. The van der Waals surface area contributed by atoms with E-state index in [2.05, 4.69) is 20.4 Å². The Morgan fingerprint density at radius 1 is 1.16 bits per heavy atom. The number of amides is 1. The normalized spacial score (nSPS) is 12.0. The molecule has 0 saturated heterocycles. The Hall–Kier alpha value is -3.53. The van der Waals surface area contributed by atoms with Gasteiger partial charge in [0.15, 0.2) is 11.5 Å². The number of aromatic nitrogens is 4. The van der Waals surface area contributed by atoms with E-state index in [1.165, 1.54) is 16.8 Å². The molecule has 0 radical (unpaired) electrons. The number of hydrogen-bond donors (Lipinski definition) is 3. The van der Waals surface area contributed by atoms with Crippen molar-refractivity contribution >= 4 is 29.0 Å². The molecule has 4 aromatic rings. The lowest BCUT2D eigenvalue weighted by molar-refractivity contribution is 0.0520. The molecule has 1 atom stereocenters. The monoisotopic (exact) mass is 439 g/mol. The molecule has 1 amide bonds. The molecule has 0 bridgehead atoms. The number of ether oxygens (including phenoxy) is 1. The lowest BCUT2D eigenvalue weighted by Crippen LogP contribution is -2.22. The molecular weight excluding hydrogens is 422 g/mol. The number of halogens is 1. The number of carbonyl (C=O) groups excluding carboxylic acids is 1. The van der Waals surface area contributed by atoms with Crippen LogP contribution in [-0.4, -0.2) is 55.0 Å². The second-order valence-electron chi connectivity index (χ2n) is 6.57. The quantitative estimate of drug-likeness (QED) is 0.404. The fraction of sp³-hybridized carbons (Fsp3) is 0.143. The number of hydrogen-bond acceptors (Lipinski definition) is 7. The van der Waals surface area contributed by atoms with Crippen molar-refractivity contribution in [3.05, 3.63) is 71.5 Å². The number of fused-ring (bicyclic) bond motifs is 1. The van der Waals surface area contributed by atoms with Gasteiger partial charge in [0.1, 0.15) is 18.4 Å². The molecule has 0 saturated carbocycles. The van der Waals surface area contributed by atoms with E-state index in [9.17, 15) is 9.90 Å². The molecule has 1 aromatic carbocycles. The first-order valence-corrected chi connectivity index (χ1v) is 9.73. The zero-order chi connectivity index (χ0) is 21.8. The van der Waals surface area contributed by atoms with E-state index < -0.39 is 18.6 Å². The lowest BCUT2D eigenvalue weighted by Gasteiger charge is -2.10. The van der Waals surface area contributed by atoms with Gasteiger partial charge >= 0.3 is 0 Å². The highest BCUT2D eigenvalue weighted by molar-refractivity contribution is 6.33. The minimum atomic E-state index is -1.03. The van der Waals surface area contributed by atoms with Crippen LogP contribution in [0.1, 0.15) is 10.5 Å². The molecule has 4 rings (SSSR count). The Labute approximate surface area is 181 Å². The summed E-state index contributed by atoms with van der Waals surface area (Å²) in [6.45, 7) is -0.575. The smallest absolute Gasteiger partial charge is 0.275 e. The number of pyridine rings is 1. The molecule has 3 heterocycles. The summed E-state index contributed by atoms with van der Waals surface area (Å²) in [6.07, 6.45) is 0.463. The Bertz CT molecular complexity index is 1230. The fourth-order valence-corrected chi connectivity index (χ4v) is 3.04. The molecular formula is C21H18ClN5O4. The summed E-state index contributed by atoms with van der Waals surface area (Å²) in [7, 11) is 0. The topological polar surface area (TPSA) is 122 Å². The van der Waals surface area contributed by atoms with Crippen molar-refractivity contribution in [2.75, 3.05) is 18.5 Å². The van der Waals surface area contributed by atoms with E-state index in [0.29, 0.717) is 22.2 Å². The zero-order valence-corrected chi connectivity index (χ0v) is 16.9. The van der Waals surface area contributed by atoms with Gasteiger partial charge in [0.25, 0.3) is 5.91 Å². The number of benzene rings is 1. The van der Waals surface area contributed by atoms with E-state index in [0.717, 1.165) is 5.56 Å². The standard InChI is InChI=1S/C21H18ClN5O4/c22-15-5-2-1-4-14(15)16-8-9-18-23-10-19(27(18)26-16)25-21(30)17-6-3-7-20(24-17)31-12-13(29)11-28/h1-10,13,28-29H,11-12H2,(H,25,30). The van der Waals surface area contributed by atoms with Gasteiger partial charge in [0.2, 0.25) is 5.88 Å². The second kappa shape index (κ2) is 9.09. The highest BCUT2D eigenvalue weighted by Gasteiger charge is 2.14. The Morgan fingerprint density at radius 2 is 2.00 bits per heavy atom. The molecule has 1 unspecified atom stereocenters. The molecule has 3 aromatic heterocycles. The lowest BCUT2D eigenvalue weighted by atomic mass is 10.1. The van der Waals surface area contributed by atoms with Crippen LogP contribution in [-0.2, 0) is 0 Å². The van der Waals surface area contributed by atoms with Crippen molar-refractivity contribution in [3.63, 3.8) is 0 Å². The molecule has 9 nitrogen and oxygen atoms in total. The van der Waals surface area contributed by atoms with Gasteiger partial charge in [-0.25, -0.2) is 9.97 Å². The van der Waals surface area contributed by atoms with Gasteiger partial charge in [0.05, 0.1) is 23.5 Å². The third kappa shape index (κ3) is 4.64. The molecule has 0 fully saturated rings. The van der Waals surface area contributed by atoms with Gasteiger partial charge in [0, 0.05) is 11.6 Å². The maximum atomic E-state index is 12.7. The molecule has 0 aliphatic rings. The average molecular weight is 440 g/mol. The predicted octanol–water partition coefficient (Wildman–Crippen LogP) is 2.43. The molecule has 0 aliphatic heterocycles. The zero-order valence-electron chi connectivity index (χ0n) is 16.1. The van der Waals surface area contributed by atoms with Crippen molar-refractivity contribution in [3.8, 4) is 17.1 Å². The maximum Gasteiger partial charge on any atom is 0.275 e. The van der Waals surface area contributed by atoms with Crippen LogP contribution in [0.5, 0.6) is 5.88 Å². The van der Waals surface area contributed by atoms with E-state index >= 15 is 0 Å². The summed E-state index contributed by atoms with van der Waals surface area (Å²) in [5, 5.41) is 26.1. The molecule has 3 N–H and O–H groups in total. The van der Waals surface area contributed by atoms with Crippen LogP contribution < -0.4 is 10.1 Å². The second-order valence-corrected chi connectivity index (χ2v) is 6.98. The summed E-state index contributed by atoms with van der Waals surface area (Å²) in [6, 6.07) is 15.6. The van der Waals surface area contributed by atoms with E-state index in [1.54, 1.807) is 30.3 Å². The SMILES string of the molecule is O=C(Nc1cnc2ccc(-c3ccccc3Cl)nn12)c1cccc(OCC(O)CO)n1.